The van der Waals surface area contributed by atoms with Crippen LogP contribution in [0.3, 0.4) is 0 Å². The first kappa shape index (κ1) is 18.5. The fraction of sp³-hybridized carbons (Fsp3) is 0.438. The first-order valence-electron chi connectivity index (χ1n) is 7.48. The minimum Gasteiger partial charge on any atom is -0.481 e. The minimum atomic E-state index is -0.779. The summed E-state index contributed by atoms with van der Waals surface area (Å²) in [6, 6.07) is 6.56. The molecule has 3 N–H and O–H groups in total. The molecular weight excluding hydrogens is 300 g/mol. The summed E-state index contributed by atoms with van der Waals surface area (Å²) in [4.78, 5) is 33.5. The predicted octanol–water partition coefficient (Wildman–Crippen LogP) is 2.63. The maximum absolute atomic E-state index is 12.0. The highest BCUT2D eigenvalue weighted by molar-refractivity contribution is 5.96. The summed E-state index contributed by atoms with van der Waals surface area (Å²) in [5, 5.41) is 13.8. The van der Waals surface area contributed by atoms with E-state index in [1.807, 2.05) is 0 Å². The van der Waals surface area contributed by atoms with Gasteiger partial charge in [-0.1, -0.05) is 18.9 Å². The van der Waals surface area contributed by atoms with Crippen molar-refractivity contribution in [3.63, 3.8) is 0 Å². The summed E-state index contributed by atoms with van der Waals surface area (Å²) in [7, 11) is 1.27. The number of ether oxygens (including phenoxy) is 1. The highest BCUT2D eigenvalue weighted by Crippen LogP contribution is 2.11. The lowest BCUT2D eigenvalue weighted by molar-refractivity contribution is -0.137. The maximum atomic E-state index is 12.0. The average Bonchev–Trinajstić information content (AvgIpc) is 2.53. The average molecular weight is 322 g/mol. The van der Waals surface area contributed by atoms with Crippen LogP contribution in [0.2, 0.25) is 0 Å². The van der Waals surface area contributed by atoms with Gasteiger partial charge in [0.05, 0.1) is 7.11 Å². The molecule has 0 fully saturated rings. The Labute approximate surface area is 135 Å². The Morgan fingerprint density at radius 3 is 2.57 bits per heavy atom. The molecular formula is C16H22N2O5. The van der Waals surface area contributed by atoms with Crippen LogP contribution < -0.4 is 10.6 Å². The third-order valence-electron chi connectivity index (χ3n) is 3.16. The summed E-state index contributed by atoms with van der Waals surface area (Å²) >= 11 is 0. The second kappa shape index (κ2) is 10.2. The summed E-state index contributed by atoms with van der Waals surface area (Å²) < 4.78 is 4.49. The van der Waals surface area contributed by atoms with E-state index in [-0.39, 0.29) is 12.3 Å². The van der Waals surface area contributed by atoms with Crippen LogP contribution in [-0.2, 0) is 9.53 Å². The van der Waals surface area contributed by atoms with E-state index in [2.05, 4.69) is 15.4 Å². The number of benzene rings is 1. The van der Waals surface area contributed by atoms with Crippen molar-refractivity contribution in [3.8, 4) is 0 Å². The Kier molecular flexibility index (Phi) is 8.20. The third-order valence-corrected chi connectivity index (χ3v) is 3.16. The van der Waals surface area contributed by atoms with Crippen molar-refractivity contribution in [2.75, 3.05) is 19.0 Å². The lowest BCUT2D eigenvalue weighted by atomic mass is 10.1. The van der Waals surface area contributed by atoms with Crippen LogP contribution in [0.5, 0.6) is 0 Å². The number of anilines is 1. The van der Waals surface area contributed by atoms with Gasteiger partial charge in [0.25, 0.3) is 5.91 Å². The van der Waals surface area contributed by atoms with Gasteiger partial charge in [0.15, 0.2) is 0 Å². The molecule has 0 aromatic heterocycles. The molecule has 0 radical (unpaired) electrons. The third kappa shape index (κ3) is 7.85. The molecule has 1 aromatic carbocycles. The van der Waals surface area contributed by atoms with Crippen LogP contribution in [0.25, 0.3) is 0 Å². The number of rotatable bonds is 9. The van der Waals surface area contributed by atoms with Crippen molar-refractivity contribution in [3.05, 3.63) is 29.8 Å². The van der Waals surface area contributed by atoms with E-state index in [4.69, 9.17) is 5.11 Å². The molecule has 23 heavy (non-hydrogen) atoms. The van der Waals surface area contributed by atoms with Gasteiger partial charge in [0.1, 0.15) is 0 Å². The number of carbonyl (C=O) groups excluding carboxylic acids is 2. The molecule has 2 amide bonds. The molecule has 0 bridgehead atoms. The van der Waals surface area contributed by atoms with Gasteiger partial charge in [-0.3, -0.25) is 14.9 Å². The first-order valence-corrected chi connectivity index (χ1v) is 7.48. The fourth-order valence-electron chi connectivity index (χ4n) is 1.97. The van der Waals surface area contributed by atoms with Crippen LogP contribution in [0.4, 0.5) is 10.5 Å². The van der Waals surface area contributed by atoms with E-state index in [0.29, 0.717) is 24.2 Å². The van der Waals surface area contributed by atoms with Crippen molar-refractivity contribution in [2.45, 2.75) is 32.1 Å². The van der Waals surface area contributed by atoms with Gasteiger partial charge in [0, 0.05) is 24.2 Å². The Hall–Kier alpha value is -2.57. The van der Waals surface area contributed by atoms with E-state index in [1.165, 1.54) is 7.11 Å². The standard InChI is InChI=1S/C16H22N2O5/c1-23-16(22)18-13-8-6-7-12(11-13)15(21)17-10-5-3-2-4-9-14(19)20/h6-8,11H,2-5,9-10H2,1H3,(H,17,21)(H,18,22)(H,19,20). The lowest BCUT2D eigenvalue weighted by Crippen LogP contribution is -2.24. The van der Waals surface area contributed by atoms with Gasteiger partial charge in [-0.15, -0.1) is 0 Å². The smallest absolute Gasteiger partial charge is 0.411 e. The van der Waals surface area contributed by atoms with Crippen LogP contribution in [-0.4, -0.2) is 36.7 Å². The zero-order valence-corrected chi connectivity index (χ0v) is 13.1. The summed E-state index contributed by atoms with van der Waals surface area (Å²) in [5.74, 6) is -0.997. The quantitative estimate of drug-likeness (QED) is 0.606. The Morgan fingerprint density at radius 1 is 1.13 bits per heavy atom. The zero-order valence-electron chi connectivity index (χ0n) is 13.1. The van der Waals surface area contributed by atoms with E-state index in [0.717, 1.165) is 19.3 Å². The number of amides is 2. The molecule has 0 aliphatic heterocycles. The van der Waals surface area contributed by atoms with Crippen LogP contribution in [0.1, 0.15) is 42.5 Å². The van der Waals surface area contributed by atoms with Gasteiger partial charge >= 0.3 is 12.1 Å². The highest BCUT2D eigenvalue weighted by atomic mass is 16.5. The number of carboxylic acid groups (broad SMARTS) is 1. The molecule has 1 rings (SSSR count). The lowest BCUT2D eigenvalue weighted by Gasteiger charge is -2.07. The second-order valence-corrected chi connectivity index (χ2v) is 5.01. The normalized spacial score (nSPS) is 9.96. The van der Waals surface area contributed by atoms with Gasteiger partial charge < -0.3 is 15.2 Å². The molecule has 0 aliphatic rings. The summed E-state index contributed by atoms with van der Waals surface area (Å²) in [6.45, 7) is 0.528. The van der Waals surface area contributed by atoms with Crippen molar-refractivity contribution in [2.24, 2.45) is 0 Å². The first-order chi connectivity index (χ1) is 11.0. The molecule has 7 nitrogen and oxygen atoms in total. The molecule has 7 heteroatoms. The number of nitrogens with one attached hydrogen (secondary N) is 2. The molecule has 126 valence electrons. The number of unbranched alkanes of at least 4 members (excludes halogenated alkanes) is 3. The van der Waals surface area contributed by atoms with Gasteiger partial charge in [0.2, 0.25) is 0 Å². The largest absolute Gasteiger partial charge is 0.481 e. The SMILES string of the molecule is COC(=O)Nc1cccc(C(=O)NCCCCCCC(=O)O)c1. The van der Waals surface area contributed by atoms with E-state index < -0.39 is 12.1 Å². The highest BCUT2D eigenvalue weighted by Gasteiger charge is 2.07. The van der Waals surface area contributed by atoms with Crippen molar-refractivity contribution in [1.29, 1.82) is 0 Å². The van der Waals surface area contributed by atoms with Crippen LogP contribution >= 0.6 is 0 Å². The maximum Gasteiger partial charge on any atom is 0.411 e. The number of hydrogen-bond acceptors (Lipinski definition) is 4. The molecule has 0 saturated carbocycles. The monoisotopic (exact) mass is 322 g/mol. The summed E-state index contributed by atoms with van der Waals surface area (Å²) in [6.07, 6.45) is 2.75. The molecule has 0 spiro atoms. The Morgan fingerprint density at radius 2 is 1.87 bits per heavy atom. The molecule has 1 aromatic rings. The topological polar surface area (TPSA) is 105 Å². The van der Waals surface area contributed by atoms with Gasteiger partial charge in [-0.2, -0.15) is 0 Å². The van der Waals surface area contributed by atoms with Gasteiger partial charge in [-0.25, -0.2) is 4.79 Å². The number of carbonyl (C=O) groups is 3. The summed E-state index contributed by atoms with van der Waals surface area (Å²) in [5.41, 5.74) is 0.933. The number of aliphatic carboxylic acids is 1. The molecule has 0 saturated heterocycles. The number of methoxy groups -OCH3 is 1. The number of carboxylic acids is 1. The Balaban J connectivity index is 2.30. The molecule has 0 unspecified atom stereocenters. The predicted molar refractivity (Wildman–Crippen MR) is 85.5 cm³/mol. The van der Waals surface area contributed by atoms with Crippen molar-refractivity contribution in [1.82, 2.24) is 5.32 Å². The van der Waals surface area contributed by atoms with Crippen LogP contribution in [0, 0.1) is 0 Å². The number of hydrogen-bond donors (Lipinski definition) is 3. The van der Waals surface area contributed by atoms with Gasteiger partial charge in [-0.05, 0) is 31.0 Å². The molecule has 0 aliphatic carbocycles. The van der Waals surface area contributed by atoms with E-state index >= 15 is 0 Å². The second-order valence-electron chi connectivity index (χ2n) is 5.01. The van der Waals surface area contributed by atoms with E-state index in [1.54, 1.807) is 24.3 Å². The van der Waals surface area contributed by atoms with Crippen LogP contribution in [0.15, 0.2) is 24.3 Å². The Bertz CT molecular complexity index is 545. The fourth-order valence-corrected chi connectivity index (χ4v) is 1.97. The van der Waals surface area contributed by atoms with Crippen molar-refractivity contribution < 1.29 is 24.2 Å². The molecule has 0 heterocycles. The van der Waals surface area contributed by atoms with Crippen molar-refractivity contribution >= 4 is 23.7 Å². The minimum absolute atomic E-state index is 0.187. The zero-order chi connectivity index (χ0) is 17.1. The van der Waals surface area contributed by atoms with E-state index in [9.17, 15) is 14.4 Å². The molecule has 0 atom stereocenters.